The number of amides is 1. The molecule has 6 heteroatoms. The van der Waals surface area contributed by atoms with Gasteiger partial charge in [0.1, 0.15) is 0 Å². The molecule has 0 radical (unpaired) electrons. The summed E-state index contributed by atoms with van der Waals surface area (Å²) in [6.45, 7) is -0.579. The van der Waals surface area contributed by atoms with Crippen molar-refractivity contribution in [1.82, 2.24) is 0 Å². The van der Waals surface area contributed by atoms with E-state index in [0.29, 0.717) is 5.69 Å². The lowest BCUT2D eigenvalue weighted by molar-refractivity contribution is -0.498. The van der Waals surface area contributed by atoms with Crippen molar-refractivity contribution in [2.45, 2.75) is 12.1 Å². The van der Waals surface area contributed by atoms with Crippen molar-refractivity contribution in [3.05, 3.63) is 75.8 Å². The number of nitro groups is 1. The van der Waals surface area contributed by atoms with E-state index >= 15 is 0 Å². The van der Waals surface area contributed by atoms with Crippen LogP contribution in [0.15, 0.2) is 54.6 Å². The van der Waals surface area contributed by atoms with E-state index in [1.165, 1.54) is 4.90 Å². The molecule has 0 bridgehead atoms. The highest BCUT2D eigenvalue weighted by Gasteiger charge is 2.53. The Kier molecular flexibility index (Phi) is 3.38. The fraction of sp³-hybridized carbons (Fsp3) is 0.188. The Hall–Kier alpha value is -2.73. The number of hydrogen-bond donors (Lipinski definition) is 1. The number of anilines is 1. The highest BCUT2D eigenvalue weighted by Crippen LogP contribution is 2.41. The highest BCUT2D eigenvalue weighted by molar-refractivity contribution is 6.06. The third kappa shape index (κ3) is 2.23. The molecule has 0 aromatic heterocycles. The van der Waals surface area contributed by atoms with Crippen LogP contribution in [0.25, 0.3) is 0 Å². The summed E-state index contributed by atoms with van der Waals surface area (Å²) in [6.07, 6.45) is 0. The van der Waals surface area contributed by atoms with Gasteiger partial charge in [-0.05, 0) is 11.6 Å². The van der Waals surface area contributed by atoms with E-state index in [1.54, 1.807) is 24.3 Å². The van der Waals surface area contributed by atoms with Crippen LogP contribution in [0.2, 0.25) is 0 Å². The number of benzene rings is 2. The highest BCUT2D eigenvalue weighted by atomic mass is 16.6. The minimum atomic E-state index is -2.10. The Bertz CT molecular complexity index is 732. The maximum atomic E-state index is 12.6. The van der Waals surface area contributed by atoms with Gasteiger partial charge in [-0.15, -0.1) is 0 Å². The molecule has 1 aliphatic rings. The van der Waals surface area contributed by atoms with Gasteiger partial charge in [0.05, 0.1) is 12.2 Å². The standard InChI is InChI=1S/C16H14N2O4/c19-15-16(20,11-18(21)22)13-8-4-5-9-14(13)17(15)10-12-6-2-1-3-7-12/h1-9,20H,10-11H2/t16-/m1/s1. The first-order chi connectivity index (χ1) is 10.5. The summed E-state index contributed by atoms with van der Waals surface area (Å²) >= 11 is 0. The summed E-state index contributed by atoms with van der Waals surface area (Å²) in [5.41, 5.74) is -0.418. The molecule has 0 unspecified atom stereocenters. The van der Waals surface area contributed by atoms with E-state index in [9.17, 15) is 20.0 Å². The van der Waals surface area contributed by atoms with Gasteiger partial charge >= 0.3 is 0 Å². The maximum absolute atomic E-state index is 12.6. The summed E-state index contributed by atoms with van der Waals surface area (Å²) in [7, 11) is 0. The summed E-state index contributed by atoms with van der Waals surface area (Å²) < 4.78 is 0. The summed E-state index contributed by atoms with van der Waals surface area (Å²) in [5.74, 6) is -0.658. The van der Waals surface area contributed by atoms with Crippen molar-refractivity contribution in [2.24, 2.45) is 0 Å². The molecule has 22 heavy (non-hydrogen) atoms. The van der Waals surface area contributed by atoms with Crippen molar-refractivity contribution >= 4 is 11.6 Å². The minimum Gasteiger partial charge on any atom is -0.370 e. The molecule has 112 valence electrons. The van der Waals surface area contributed by atoms with Gasteiger partial charge in [-0.3, -0.25) is 14.9 Å². The second kappa shape index (κ2) is 5.23. The van der Waals surface area contributed by atoms with E-state index in [4.69, 9.17) is 0 Å². The molecule has 0 saturated carbocycles. The Balaban J connectivity index is 2.02. The van der Waals surface area contributed by atoms with Crippen molar-refractivity contribution in [3.63, 3.8) is 0 Å². The first-order valence-corrected chi connectivity index (χ1v) is 6.82. The largest absolute Gasteiger partial charge is 0.370 e. The van der Waals surface area contributed by atoms with Crippen LogP contribution in [0.1, 0.15) is 11.1 Å². The number of hydrogen-bond acceptors (Lipinski definition) is 4. The second-order valence-electron chi connectivity index (χ2n) is 5.25. The van der Waals surface area contributed by atoms with E-state index in [-0.39, 0.29) is 12.1 Å². The van der Waals surface area contributed by atoms with E-state index in [0.717, 1.165) is 5.56 Å². The second-order valence-corrected chi connectivity index (χ2v) is 5.25. The molecule has 1 amide bonds. The molecule has 2 aromatic carbocycles. The van der Waals surface area contributed by atoms with Gasteiger partial charge in [0, 0.05) is 10.5 Å². The van der Waals surface area contributed by atoms with E-state index in [1.807, 2.05) is 30.3 Å². The average Bonchev–Trinajstić information content (AvgIpc) is 2.70. The topological polar surface area (TPSA) is 83.7 Å². The van der Waals surface area contributed by atoms with Crippen LogP contribution in [0.5, 0.6) is 0 Å². The molecule has 1 aliphatic heterocycles. The summed E-state index contributed by atoms with van der Waals surface area (Å²) in [4.78, 5) is 24.2. The summed E-state index contributed by atoms with van der Waals surface area (Å²) in [5, 5.41) is 21.5. The first-order valence-electron chi connectivity index (χ1n) is 6.82. The lowest BCUT2D eigenvalue weighted by Gasteiger charge is -2.20. The third-order valence-corrected chi connectivity index (χ3v) is 3.78. The van der Waals surface area contributed by atoms with Crippen LogP contribution >= 0.6 is 0 Å². The number of fused-ring (bicyclic) bond motifs is 1. The van der Waals surface area contributed by atoms with Gasteiger partial charge in [-0.1, -0.05) is 48.5 Å². The van der Waals surface area contributed by atoms with Gasteiger partial charge in [-0.25, -0.2) is 0 Å². The smallest absolute Gasteiger partial charge is 0.271 e. The van der Waals surface area contributed by atoms with Crippen molar-refractivity contribution in [1.29, 1.82) is 0 Å². The van der Waals surface area contributed by atoms with Crippen LogP contribution in [-0.4, -0.2) is 22.5 Å². The number of carbonyl (C=O) groups is 1. The van der Waals surface area contributed by atoms with Crippen molar-refractivity contribution in [3.8, 4) is 0 Å². The predicted octanol–water partition coefficient (Wildman–Crippen LogP) is 1.70. The Morgan fingerprint density at radius 1 is 1.09 bits per heavy atom. The molecule has 3 rings (SSSR count). The third-order valence-electron chi connectivity index (χ3n) is 3.78. The number of rotatable bonds is 4. The fourth-order valence-electron chi connectivity index (χ4n) is 2.77. The SMILES string of the molecule is O=C1N(Cc2ccccc2)c2ccccc2[C@]1(O)C[N+](=O)[O-]. The molecule has 0 spiro atoms. The lowest BCUT2D eigenvalue weighted by Crippen LogP contribution is -2.44. The van der Waals surface area contributed by atoms with Crippen LogP contribution in [-0.2, 0) is 16.9 Å². The fourth-order valence-corrected chi connectivity index (χ4v) is 2.77. The molecule has 1 N–H and O–H groups in total. The Morgan fingerprint density at radius 3 is 2.41 bits per heavy atom. The zero-order chi connectivity index (χ0) is 15.7. The molecule has 2 aromatic rings. The van der Waals surface area contributed by atoms with Crippen LogP contribution in [0.3, 0.4) is 0 Å². The van der Waals surface area contributed by atoms with Gasteiger partial charge in [0.25, 0.3) is 5.91 Å². The van der Waals surface area contributed by atoms with Gasteiger partial charge < -0.3 is 10.0 Å². The van der Waals surface area contributed by atoms with E-state index < -0.39 is 23.0 Å². The van der Waals surface area contributed by atoms with Gasteiger partial charge in [0.15, 0.2) is 0 Å². The van der Waals surface area contributed by atoms with Crippen molar-refractivity contribution < 1.29 is 14.8 Å². The first kappa shape index (κ1) is 14.2. The van der Waals surface area contributed by atoms with Gasteiger partial charge in [-0.2, -0.15) is 0 Å². The molecule has 1 atom stereocenters. The monoisotopic (exact) mass is 298 g/mol. The number of carbonyl (C=O) groups excluding carboxylic acids is 1. The summed E-state index contributed by atoms with van der Waals surface area (Å²) in [6, 6.07) is 15.9. The Labute approximate surface area is 126 Å². The lowest BCUT2D eigenvalue weighted by atomic mass is 9.96. The number of aliphatic hydroxyl groups is 1. The van der Waals surface area contributed by atoms with Crippen LogP contribution in [0.4, 0.5) is 5.69 Å². The quantitative estimate of drug-likeness (QED) is 0.688. The molecular formula is C16H14N2O4. The van der Waals surface area contributed by atoms with Crippen LogP contribution in [0, 0.1) is 10.1 Å². The van der Waals surface area contributed by atoms with Crippen LogP contribution < -0.4 is 4.90 Å². The molecule has 0 saturated heterocycles. The van der Waals surface area contributed by atoms with Gasteiger partial charge in [0.2, 0.25) is 12.1 Å². The molecule has 1 heterocycles. The number of nitrogens with zero attached hydrogens (tertiary/aromatic N) is 2. The van der Waals surface area contributed by atoms with E-state index in [2.05, 4.69) is 0 Å². The predicted molar refractivity (Wildman–Crippen MR) is 79.8 cm³/mol. The average molecular weight is 298 g/mol. The zero-order valence-electron chi connectivity index (χ0n) is 11.7. The Morgan fingerprint density at radius 2 is 1.73 bits per heavy atom. The minimum absolute atomic E-state index is 0.261. The maximum Gasteiger partial charge on any atom is 0.271 e. The molecule has 0 fully saturated rings. The molecular weight excluding hydrogens is 284 g/mol. The normalized spacial score (nSPS) is 20.0. The van der Waals surface area contributed by atoms with Crippen molar-refractivity contribution in [2.75, 3.05) is 11.4 Å². The molecule has 0 aliphatic carbocycles. The molecule has 6 nitrogen and oxygen atoms in total. The zero-order valence-corrected chi connectivity index (χ0v) is 11.7. The number of para-hydroxylation sites is 1.